The molecule has 18 heavy (non-hydrogen) atoms. The van der Waals surface area contributed by atoms with E-state index in [0.717, 1.165) is 44.1 Å². The fraction of sp³-hybridized carbons (Fsp3) is 0.933. The lowest BCUT2D eigenvalue weighted by molar-refractivity contribution is 0.128. The molecule has 3 nitrogen and oxygen atoms in total. The van der Waals surface area contributed by atoms with Crippen LogP contribution in [0.3, 0.4) is 0 Å². The highest BCUT2D eigenvalue weighted by Crippen LogP contribution is 2.36. The molecule has 102 valence electrons. The summed E-state index contributed by atoms with van der Waals surface area (Å²) in [5, 5.41) is 9.22. The number of nitriles is 1. The lowest BCUT2D eigenvalue weighted by Gasteiger charge is -2.36. The predicted molar refractivity (Wildman–Crippen MR) is 73.9 cm³/mol. The van der Waals surface area contributed by atoms with E-state index in [1.807, 2.05) is 0 Å². The molecule has 1 saturated heterocycles. The molecule has 0 spiro atoms. The standard InChI is InChI=1S/C15H27N3/c1-12-5-8-18(10-13(12)2)9-6-14-4-3-7-15(14,17)11-16/h12-14H,3-10,17H2,1-2H3. The number of hydrogen-bond acceptors (Lipinski definition) is 3. The van der Waals surface area contributed by atoms with Crippen LogP contribution in [0.1, 0.15) is 46.0 Å². The quantitative estimate of drug-likeness (QED) is 0.835. The van der Waals surface area contributed by atoms with Gasteiger partial charge in [-0.15, -0.1) is 0 Å². The Morgan fingerprint density at radius 2 is 2.11 bits per heavy atom. The third kappa shape index (κ3) is 2.87. The molecule has 0 bridgehead atoms. The van der Waals surface area contributed by atoms with Crippen molar-refractivity contribution < 1.29 is 0 Å². The largest absolute Gasteiger partial charge is 0.313 e. The van der Waals surface area contributed by atoms with Crippen molar-refractivity contribution in [2.45, 2.75) is 51.5 Å². The molecule has 2 rings (SSSR count). The summed E-state index contributed by atoms with van der Waals surface area (Å²) in [5.41, 5.74) is 5.65. The summed E-state index contributed by atoms with van der Waals surface area (Å²) in [6.45, 7) is 8.29. The normalized spacial score (nSPS) is 41.8. The van der Waals surface area contributed by atoms with Crippen molar-refractivity contribution in [1.29, 1.82) is 5.26 Å². The molecule has 1 aliphatic heterocycles. The number of rotatable bonds is 3. The van der Waals surface area contributed by atoms with Crippen LogP contribution in [0.2, 0.25) is 0 Å². The Bertz CT molecular complexity index is 322. The Morgan fingerprint density at radius 1 is 1.33 bits per heavy atom. The van der Waals surface area contributed by atoms with Crippen LogP contribution in [-0.2, 0) is 0 Å². The van der Waals surface area contributed by atoms with Crippen molar-refractivity contribution in [3.05, 3.63) is 0 Å². The average molecular weight is 249 g/mol. The first-order chi connectivity index (χ1) is 8.55. The van der Waals surface area contributed by atoms with Gasteiger partial charge in [0.15, 0.2) is 0 Å². The third-order valence-electron chi connectivity index (χ3n) is 5.29. The minimum atomic E-state index is -0.533. The van der Waals surface area contributed by atoms with Crippen LogP contribution in [0, 0.1) is 29.1 Å². The number of hydrogen-bond donors (Lipinski definition) is 1. The summed E-state index contributed by atoms with van der Waals surface area (Å²) in [6, 6.07) is 2.35. The van der Waals surface area contributed by atoms with Gasteiger partial charge in [-0.3, -0.25) is 0 Å². The summed E-state index contributed by atoms with van der Waals surface area (Å²) >= 11 is 0. The highest BCUT2D eigenvalue weighted by atomic mass is 15.1. The minimum Gasteiger partial charge on any atom is -0.313 e. The average Bonchev–Trinajstić information content (AvgIpc) is 2.73. The molecule has 0 amide bonds. The van der Waals surface area contributed by atoms with Crippen molar-refractivity contribution in [2.24, 2.45) is 23.5 Å². The number of piperidine rings is 1. The summed E-state index contributed by atoms with van der Waals surface area (Å²) in [6.07, 6.45) is 5.58. The SMILES string of the molecule is CC1CCN(CCC2CCCC2(N)C#N)CC1C. The zero-order valence-corrected chi connectivity index (χ0v) is 11.9. The van der Waals surface area contributed by atoms with E-state index in [1.54, 1.807) is 0 Å². The molecular weight excluding hydrogens is 222 g/mol. The topological polar surface area (TPSA) is 53.0 Å². The van der Waals surface area contributed by atoms with Gasteiger partial charge in [0.1, 0.15) is 5.54 Å². The Hall–Kier alpha value is -0.590. The van der Waals surface area contributed by atoms with Gasteiger partial charge in [-0.05, 0) is 56.5 Å². The molecule has 2 fully saturated rings. The van der Waals surface area contributed by atoms with Crippen molar-refractivity contribution in [2.75, 3.05) is 19.6 Å². The molecule has 0 aromatic heterocycles. The second-order valence-corrected chi connectivity index (χ2v) is 6.57. The lowest BCUT2D eigenvalue weighted by atomic mass is 9.85. The summed E-state index contributed by atoms with van der Waals surface area (Å²) in [5.74, 6) is 2.08. The number of nitrogens with two attached hydrogens (primary N) is 1. The van der Waals surface area contributed by atoms with Crippen molar-refractivity contribution in [3.8, 4) is 6.07 Å². The van der Waals surface area contributed by atoms with Gasteiger partial charge >= 0.3 is 0 Å². The van der Waals surface area contributed by atoms with Gasteiger partial charge in [-0.25, -0.2) is 0 Å². The van der Waals surface area contributed by atoms with Gasteiger partial charge in [0.25, 0.3) is 0 Å². The summed E-state index contributed by atoms with van der Waals surface area (Å²) < 4.78 is 0. The van der Waals surface area contributed by atoms with E-state index in [4.69, 9.17) is 5.73 Å². The molecule has 1 aliphatic carbocycles. The van der Waals surface area contributed by atoms with Gasteiger partial charge in [-0.2, -0.15) is 5.26 Å². The van der Waals surface area contributed by atoms with E-state index >= 15 is 0 Å². The number of nitrogens with zero attached hydrogens (tertiary/aromatic N) is 2. The van der Waals surface area contributed by atoms with Crippen LogP contribution in [0.5, 0.6) is 0 Å². The summed E-state index contributed by atoms with van der Waals surface area (Å²) in [4.78, 5) is 2.57. The monoisotopic (exact) mass is 249 g/mol. The van der Waals surface area contributed by atoms with Gasteiger partial charge in [0.2, 0.25) is 0 Å². The minimum absolute atomic E-state index is 0.414. The smallest absolute Gasteiger partial charge is 0.107 e. The first-order valence-corrected chi connectivity index (χ1v) is 7.47. The van der Waals surface area contributed by atoms with Gasteiger partial charge in [0.05, 0.1) is 6.07 Å². The molecular formula is C15H27N3. The molecule has 2 N–H and O–H groups in total. The Morgan fingerprint density at radius 3 is 2.78 bits per heavy atom. The Kier molecular flexibility index (Phi) is 4.29. The molecule has 1 heterocycles. The number of likely N-dealkylation sites (tertiary alicyclic amines) is 1. The second-order valence-electron chi connectivity index (χ2n) is 6.57. The zero-order chi connectivity index (χ0) is 13.2. The van der Waals surface area contributed by atoms with E-state index in [0.29, 0.717) is 5.92 Å². The van der Waals surface area contributed by atoms with E-state index in [2.05, 4.69) is 24.8 Å². The van der Waals surface area contributed by atoms with E-state index in [-0.39, 0.29) is 0 Å². The fourth-order valence-electron chi connectivity index (χ4n) is 3.54. The molecule has 0 aromatic rings. The van der Waals surface area contributed by atoms with Crippen LogP contribution in [0.4, 0.5) is 0 Å². The Labute approximate surface area is 111 Å². The predicted octanol–water partition coefficient (Wildman–Crippen LogP) is 2.38. The molecule has 4 unspecified atom stereocenters. The van der Waals surface area contributed by atoms with Crippen LogP contribution in [-0.4, -0.2) is 30.1 Å². The van der Waals surface area contributed by atoms with E-state index in [9.17, 15) is 5.26 Å². The lowest BCUT2D eigenvalue weighted by Crippen LogP contribution is -2.44. The fourth-order valence-corrected chi connectivity index (χ4v) is 3.54. The highest BCUT2D eigenvalue weighted by Gasteiger charge is 2.39. The van der Waals surface area contributed by atoms with Gasteiger partial charge < -0.3 is 10.6 Å². The summed E-state index contributed by atoms with van der Waals surface area (Å²) in [7, 11) is 0. The molecule has 4 atom stereocenters. The Balaban J connectivity index is 1.80. The molecule has 1 saturated carbocycles. The highest BCUT2D eigenvalue weighted by molar-refractivity contribution is 5.11. The second kappa shape index (κ2) is 5.59. The van der Waals surface area contributed by atoms with Crippen LogP contribution < -0.4 is 5.73 Å². The van der Waals surface area contributed by atoms with Gasteiger partial charge in [-0.1, -0.05) is 20.3 Å². The van der Waals surface area contributed by atoms with Crippen LogP contribution in [0.15, 0.2) is 0 Å². The first-order valence-electron chi connectivity index (χ1n) is 7.47. The van der Waals surface area contributed by atoms with Crippen molar-refractivity contribution in [1.82, 2.24) is 4.90 Å². The molecule has 0 aromatic carbocycles. The third-order valence-corrected chi connectivity index (χ3v) is 5.29. The van der Waals surface area contributed by atoms with Crippen molar-refractivity contribution in [3.63, 3.8) is 0 Å². The van der Waals surface area contributed by atoms with E-state index < -0.39 is 5.54 Å². The molecule has 3 heteroatoms. The maximum atomic E-state index is 9.22. The first kappa shape index (κ1) is 13.8. The van der Waals surface area contributed by atoms with Gasteiger partial charge in [0, 0.05) is 6.54 Å². The van der Waals surface area contributed by atoms with Crippen molar-refractivity contribution >= 4 is 0 Å². The molecule has 0 radical (unpaired) electrons. The zero-order valence-electron chi connectivity index (χ0n) is 11.9. The van der Waals surface area contributed by atoms with Crippen LogP contribution >= 0.6 is 0 Å². The maximum absolute atomic E-state index is 9.22. The molecule has 2 aliphatic rings. The van der Waals surface area contributed by atoms with Crippen LogP contribution in [0.25, 0.3) is 0 Å². The maximum Gasteiger partial charge on any atom is 0.107 e. The van der Waals surface area contributed by atoms with E-state index in [1.165, 1.54) is 19.5 Å².